The summed E-state index contributed by atoms with van der Waals surface area (Å²) in [6.45, 7) is 3.78. The Kier molecular flexibility index (Phi) is 7.69. The lowest BCUT2D eigenvalue weighted by atomic mass is 10.1. The SMILES string of the molecule is CCCCc1cccc(NC(=O)CCc2cccc(Oc3ccnc(C4=NCCN4)c3)c2)c1. The highest BCUT2D eigenvalue weighted by Gasteiger charge is 2.11. The molecule has 0 saturated carbocycles. The minimum Gasteiger partial charge on any atom is -0.457 e. The van der Waals surface area contributed by atoms with Crippen molar-refractivity contribution in [1.29, 1.82) is 0 Å². The van der Waals surface area contributed by atoms with E-state index in [0.29, 0.717) is 18.6 Å². The van der Waals surface area contributed by atoms with Gasteiger partial charge in [-0.2, -0.15) is 0 Å². The zero-order chi connectivity index (χ0) is 22.9. The van der Waals surface area contributed by atoms with Crippen molar-refractivity contribution in [3.8, 4) is 11.5 Å². The Morgan fingerprint density at radius 1 is 1.03 bits per heavy atom. The smallest absolute Gasteiger partial charge is 0.224 e. The van der Waals surface area contributed by atoms with Crippen molar-refractivity contribution in [1.82, 2.24) is 10.3 Å². The fourth-order valence-electron chi connectivity index (χ4n) is 3.74. The van der Waals surface area contributed by atoms with Crippen molar-refractivity contribution >= 4 is 17.4 Å². The fraction of sp³-hybridized carbons (Fsp3) is 0.296. The first-order valence-corrected chi connectivity index (χ1v) is 11.6. The van der Waals surface area contributed by atoms with Crippen LogP contribution in [-0.4, -0.2) is 29.8 Å². The van der Waals surface area contributed by atoms with Crippen LogP contribution in [0.1, 0.15) is 43.0 Å². The Hall–Kier alpha value is -3.67. The van der Waals surface area contributed by atoms with Gasteiger partial charge in [-0.15, -0.1) is 0 Å². The van der Waals surface area contributed by atoms with Gasteiger partial charge >= 0.3 is 0 Å². The van der Waals surface area contributed by atoms with Crippen LogP contribution in [0.3, 0.4) is 0 Å². The normalized spacial score (nSPS) is 12.7. The van der Waals surface area contributed by atoms with Crippen LogP contribution in [0.5, 0.6) is 11.5 Å². The van der Waals surface area contributed by atoms with E-state index in [0.717, 1.165) is 60.9 Å². The summed E-state index contributed by atoms with van der Waals surface area (Å²) >= 11 is 0. The first kappa shape index (κ1) is 22.5. The van der Waals surface area contributed by atoms with Gasteiger partial charge in [0.2, 0.25) is 5.91 Å². The number of benzene rings is 2. The fourth-order valence-corrected chi connectivity index (χ4v) is 3.74. The molecule has 0 unspecified atom stereocenters. The molecule has 170 valence electrons. The quantitative estimate of drug-likeness (QED) is 0.456. The zero-order valence-electron chi connectivity index (χ0n) is 19.0. The van der Waals surface area contributed by atoms with Crippen LogP contribution in [-0.2, 0) is 17.6 Å². The molecule has 0 atom stereocenters. The molecule has 0 fully saturated rings. The van der Waals surface area contributed by atoms with E-state index in [1.807, 2.05) is 48.5 Å². The summed E-state index contributed by atoms with van der Waals surface area (Å²) in [5.41, 5.74) is 3.95. The number of unbranched alkanes of at least 4 members (excludes halogenated alkanes) is 1. The molecule has 3 aromatic rings. The molecular weight excluding hydrogens is 412 g/mol. The highest BCUT2D eigenvalue weighted by molar-refractivity contribution is 5.98. The number of amides is 1. The molecule has 0 radical (unpaired) electrons. The van der Waals surface area contributed by atoms with Crippen molar-refractivity contribution < 1.29 is 9.53 Å². The Morgan fingerprint density at radius 2 is 1.85 bits per heavy atom. The Labute approximate surface area is 195 Å². The first-order chi connectivity index (χ1) is 16.2. The molecule has 6 nitrogen and oxygen atoms in total. The van der Waals surface area contributed by atoms with Crippen LogP contribution in [0.2, 0.25) is 0 Å². The number of carbonyl (C=O) groups is 1. The van der Waals surface area contributed by atoms with Crippen LogP contribution < -0.4 is 15.4 Å². The number of carbonyl (C=O) groups excluding carboxylic acids is 1. The third kappa shape index (κ3) is 6.65. The second-order valence-electron chi connectivity index (χ2n) is 8.14. The molecule has 1 aromatic heterocycles. The van der Waals surface area contributed by atoms with Crippen LogP contribution in [0.4, 0.5) is 5.69 Å². The third-order valence-corrected chi connectivity index (χ3v) is 5.45. The minimum absolute atomic E-state index is 0.0116. The average molecular weight is 443 g/mol. The van der Waals surface area contributed by atoms with Gasteiger partial charge in [0, 0.05) is 30.9 Å². The maximum atomic E-state index is 12.5. The maximum Gasteiger partial charge on any atom is 0.224 e. The number of aromatic nitrogens is 1. The number of rotatable bonds is 10. The lowest BCUT2D eigenvalue weighted by Gasteiger charge is -2.10. The highest BCUT2D eigenvalue weighted by Crippen LogP contribution is 2.23. The maximum absolute atomic E-state index is 12.5. The highest BCUT2D eigenvalue weighted by atomic mass is 16.5. The third-order valence-electron chi connectivity index (χ3n) is 5.45. The lowest BCUT2D eigenvalue weighted by molar-refractivity contribution is -0.116. The van der Waals surface area contributed by atoms with E-state index in [1.165, 1.54) is 5.56 Å². The molecule has 2 aromatic carbocycles. The summed E-state index contributed by atoms with van der Waals surface area (Å²) in [4.78, 5) is 21.3. The lowest BCUT2D eigenvalue weighted by Crippen LogP contribution is -2.20. The van der Waals surface area contributed by atoms with E-state index < -0.39 is 0 Å². The molecule has 0 aliphatic carbocycles. The summed E-state index contributed by atoms with van der Waals surface area (Å²) in [5, 5.41) is 6.25. The van der Waals surface area contributed by atoms with Crippen LogP contribution >= 0.6 is 0 Å². The number of aryl methyl sites for hydroxylation is 2. The van der Waals surface area contributed by atoms with Crippen molar-refractivity contribution in [2.24, 2.45) is 4.99 Å². The molecule has 0 spiro atoms. The second kappa shape index (κ2) is 11.3. The standard InChI is InChI=1S/C27H30N4O2/c1-2-3-6-20-7-4-9-22(17-20)31-26(32)12-11-21-8-5-10-23(18-21)33-24-13-14-28-25(19-24)27-29-15-16-30-27/h4-5,7-10,13-14,17-19H,2-3,6,11-12,15-16H2,1H3,(H,29,30)(H,31,32). The van der Waals surface area contributed by atoms with Crippen molar-refractivity contribution in [2.75, 3.05) is 18.4 Å². The second-order valence-corrected chi connectivity index (χ2v) is 8.14. The summed E-state index contributed by atoms with van der Waals surface area (Å²) < 4.78 is 6.04. The Balaban J connectivity index is 1.32. The number of hydrogen-bond donors (Lipinski definition) is 2. The number of nitrogens with one attached hydrogen (secondary N) is 2. The van der Waals surface area contributed by atoms with Gasteiger partial charge in [0.15, 0.2) is 0 Å². The van der Waals surface area contributed by atoms with E-state index in [-0.39, 0.29) is 5.91 Å². The topological polar surface area (TPSA) is 75.6 Å². The number of nitrogens with zero attached hydrogens (tertiary/aromatic N) is 2. The van der Waals surface area contributed by atoms with Crippen LogP contribution in [0.25, 0.3) is 0 Å². The predicted octanol–water partition coefficient (Wildman–Crippen LogP) is 5.14. The number of aliphatic imine (C=N–C) groups is 1. The molecule has 33 heavy (non-hydrogen) atoms. The van der Waals surface area contributed by atoms with Crippen molar-refractivity contribution in [3.63, 3.8) is 0 Å². The molecule has 6 heteroatoms. The van der Waals surface area contributed by atoms with Gasteiger partial charge in [-0.1, -0.05) is 37.6 Å². The van der Waals surface area contributed by atoms with E-state index in [1.54, 1.807) is 6.20 Å². The van der Waals surface area contributed by atoms with Crippen molar-refractivity contribution in [3.05, 3.63) is 83.7 Å². The van der Waals surface area contributed by atoms with Gasteiger partial charge in [0.25, 0.3) is 0 Å². The molecule has 2 heterocycles. The molecule has 1 amide bonds. The van der Waals surface area contributed by atoms with Gasteiger partial charge < -0.3 is 15.4 Å². The van der Waals surface area contributed by atoms with Crippen LogP contribution in [0, 0.1) is 0 Å². The van der Waals surface area contributed by atoms with Crippen LogP contribution in [0.15, 0.2) is 71.9 Å². The van der Waals surface area contributed by atoms with Gasteiger partial charge in [0.05, 0.1) is 6.54 Å². The van der Waals surface area contributed by atoms with E-state index in [2.05, 4.69) is 39.7 Å². The average Bonchev–Trinajstić information content (AvgIpc) is 3.37. The summed E-state index contributed by atoms with van der Waals surface area (Å²) in [6, 6.07) is 19.7. The Morgan fingerprint density at radius 3 is 2.67 bits per heavy atom. The van der Waals surface area contributed by atoms with Gasteiger partial charge in [0.1, 0.15) is 23.0 Å². The predicted molar refractivity (Wildman–Crippen MR) is 132 cm³/mol. The number of ether oxygens (including phenoxy) is 1. The molecule has 1 aliphatic heterocycles. The molecule has 0 saturated heterocycles. The number of anilines is 1. The molecule has 4 rings (SSSR count). The van der Waals surface area contributed by atoms with E-state index in [4.69, 9.17) is 4.74 Å². The monoisotopic (exact) mass is 442 g/mol. The summed E-state index contributed by atoms with van der Waals surface area (Å²) in [7, 11) is 0. The van der Waals surface area contributed by atoms with Gasteiger partial charge in [-0.25, -0.2) is 0 Å². The number of pyridine rings is 1. The summed E-state index contributed by atoms with van der Waals surface area (Å²) in [6.07, 6.45) is 6.13. The Bertz CT molecular complexity index is 1130. The summed E-state index contributed by atoms with van der Waals surface area (Å²) in [5.74, 6) is 2.25. The van der Waals surface area contributed by atoms with Gasteiger partial charge in [-0.3, -0.25) is 14.8 Å². The number of amidine groups is 1. The minimum atomic E-state index is 0.0116. The largest absolute Gasteiger partial charge is 0.457 e. The zero-order valence-corrected chi connectivity index (χ0v) is 19.0. The molecule has 1 aliphatic rings. The van der Waals surface area contributed by atoms with E-state index >= 15 is 0 Å². The van der Waals surface area contributed by atoms with Crippen molar-refractivity contribution in [2.45, 2.75) is 39.0 Å². The molecule has 2 N–H and O–H groups in total. The van der Waals surface area contributed by atoms with E-state index in [9.17, 15) is 4.79 Å². The molecular formula is C27H30N4O2. The number of hydrogen-bond acceptors (Lipinski definition) is 5. The first-order valence-electron chi connectivity index (χ1n) is 11.6. The molecule has 0 bridgehead atoms. The van der Waals surface area contributed by atoms with Gasteiger partial charge in [-0.05, 0) is 60.7 Å².